The van der Waals surface area contributed by atoms with Gasteiger partial charge in [-0.15, -0.1) is 0 Å². The highest BCUT2D eigenvalue weighted by Crippen LogP contribution is 2.18. The number of benzene rings is 1. The van der Waals surface area contributed by atoms with Crippen LogP contribution in [0.2, 0.25) is 0 Å². The van der Waals surface area contributed by atoms with Crippen LogP contribution < -0.4 is 10.6 Å². The molecule has 0 radical (unpaired) electrons. The van der Waals surface area contributed by atoms with E-state index in [2.05, 4.69) is 24.5 Å². The van der Waals surface area contributed by atoms with Gasteiger partial charge in [-0.25, -0.2) is 4.39 Å². The lowest BCUT2D eigenvalue weighted by atomic mass is 10.0. The monoisotopic (exact) mass is 292 g/mol. The summed E-state index contributed by atoms with van der Waals surface area (Å²) in [5.74, 6) is -0.112. The van der Waals surface area contributed by atoms with E-state index in [0.717, 1.165) is 18.5 Å². The summed E-state index contributed by atoms with van der Waals surface area (Å²) in [5, 5.41) is 7.25. The molecule has 3 atom stereocenters. The molecular formula is C18H29FN2. The summed E-state index contributed by atoms with van der Waals surface area (Å²) in [6.07, 6.45) is 6.41. The van der Waals surface area contributed by atoms with E-state index in [1.54, 1.807) is 13.0 Å². The highest BCUT2D eigenvalue weighted by atomic mass is 19.1. The Morgan fingerprint density at radius 3 is 2.86 bits per heavy atom. The van der Waals surface area contributed by atoms with Crippen molar-refractivity contribution in [1.29, 1.82) is 0 Å². The Morgan fingerprint density at radius 2 is 2.10 bits per heavy atom. The Labute approximate surface area is 128 Å². The predicted octanol–water partition coefficient (Wildman–Crippen LogP) is 4.10. The standard InChI is InChI=1S/C18H29FN2/c1-13-8-9-16(12-18(13)19)15(3)21-14(2)11-17-7-5-4-6-10-20-17/h8-9,12,14-15,17,20-21H,4-7,10-11H2,1-3H3. The van der Waals surface area contributed by atoms with Crippen molar-refractivity contribution in [3.05, 3.63) is 35.1 Å². The van der Waals surface area contributed by atoms with Gasteiger partial charge in [0, 0.05) is 18.1 Å². The molecule has 21 heavy (non-hydrogen) atoms. The minimum Gasteiger partial charge on any atom is -0.314 e. The van der Waals surface area contributed by atoms with Gasteiger partial charge < -0.3 is 10.6 Å². The highest BCUT2D eigenvalue weighted by Gasteiger charge is 2.17. The van der Waals surface area contributed by atoms with Crippen LogP contribution in [0, 0.1) is 12.7 Å². The maximum absolute atomic E-state index is 13.7. The van der Waals surface area contributed by atoms with Gasteiger partial charge in [0.25, 0.3) is 0 Å². The third-order valence-electron chi connectivity index (χ3n) is 4.53. The van der Waals surface area contributed by atoms with Crippen LogP contribution in [0.1, 0.15) is 63.1 Å². The molecule has 0 aliphatic carbocycles. The van der Waals surface area contributed by atoms with E-state index in [4.69, 9.17) is 0 Å². The largest absolute Gasteiger partial charge is 0.314 e. The van der Waals surface area contributed by atoms with Gasteiger partial charge in [0.2, 0.25) is 0 Å². The first kappa shape index (κ1) is 16.4. The first-order chi connectivity index (χ1) is 10.1. The van der Waals surface area contributed by atoms with Crippen molar-refractivity contribution >= 4 is 0 Å². The molecule has 0 spiro atoms. The van der Waals surface area contributed by atoms with Gasteiger partial charge in [-0.1, -0.05) is 25.0 Å². The molecule has 1 aromatic rings. The molecule has 1 aromatic carbocycles. The zero-order valence-electron chi connectivity index (χ0n) is 13.6. The van der Waals surface area contributed by atoms with Crippen molar-refractivity contribution in [2.75, 3.05) is 6.54 Å². The summed E-state index contributed by atoms with van der Waals surface area (Å²) in [6.45, 7) is 7.29. The summed E-state index contributed by atoms with van der Waals surface area (Å²) < 4.78 is 13.7. The van der Waals surface area contributed by atoms with E-state index >= 15 is 0 Å². The topological polar surface area (TPSA) is 24.1 Å². The van der Waals surface area contributed by atoms with Crippen LogP contribution >= 0.6 is 0 Å². The maximum Gasteiger partial charge on any atom is 0.126 e. The zero-order valence-corrected chi connectivity index (χ0v) is 13.6. The van der Waals surface area contributed by atoms with Gasteiger partial charge in [-0.05, 0) is 63.8 Å². The van der Waals surface area contributed by atoms with Crippen LogP contribution in [0.3, 0.4) is 0 Å². The molecule has 0 amide bonds. The first-order valence-electron chi connectivity index (χ1n) is 8.31. The number of aryl methyl sites for hydroxylation is 1. The third kappa shape index (κ3) is 5.08. The Hall–Kier alpha value is -0.930. The van der Waals surface area contributed by atoms with Gasteiger partial charge >= 0.3 is 0 Å². The first-order valence-corrected chi connectivity index (χ1v) is 8.31. The van der Waals surface area contributed by atoms with Crippen LogP contribution in [0.4, 0.5) is 4.39 Å². The van der Waals surface area contributed by atoms with Gasteiger partial charge in [-0.2, -0.15) is 0 Å². The van der Waals surface area contributed by atoms with E-state index in [-0.39, 0.29) is 11.9 Å². The average molecular weight is 292 g/mol. The summed E-state index contributed by atoms with van der Waals surface area (Å²) >= 11 is 0. The number of nitrogens with one attached hydrogen (secondary N) is 2. The second-order valence-electron chi connectivity index (χ2n) is 6.53. The van der Waals surface area contributed by atoms with Crippen molar-refractivity contribution in [2.45, 2.75) is 71.0 Å². The number of rotatable bonds is 5. The third-order valence-corrected chi connectivity index (χ3v) is 4.53. The molecule has 1 aliphatic heterocycles. The lowest BCUT2D eigenvalue weighted by Crippen LogP contribution is -2.37. The Kier molecular flexibility index (Phi) is 6.19. The molecule has 2 rings (SSSR count). The molecule has 2 nitrogen and oxygen atoms in total. The zero-order chi connectivity index (χ0) is 15.2. The fourth-order valence-corrected chi connectivity index (χ4v) is 3.20. The molecular weight excluding hydrogens is 263 g/mol. The predicted molar refractivity (Wildman–Crippen MR) is 87.0 cm³/mol. The van der Waals surface area contributed by atoms with Crippen molar-refractivity contribution in [3.8, 4) is 0 Å². The molecule has 0 bridgehead atoms. The minimum absolute atomic E-state index is 0.112. The van der Waals surface area contributed by atoms with E-state index in [1.807, 2.05) is 12.1 Å². The molecule has 0 aromatic heterocycles. The van der Waals surface area contributed by atoms with E-state index in [0.29, 0.717) is 17.6 Å². The summed E-state index contributed by atoms with van der Waals surface area (Å²) in [7, 11) is 0. The quantitative estimate of drug-likeness (QED) is 0.854. The SMILES string of the molecule is Cc1ccc(C(C)NC(C)CC2CCCCCN2)cc1F. The fraction of sp³-hybridized carbons (Fsp3) is 0.667. The van der Waals surface area contributed by atoms with Crippen molar-refractivity contribution in [1.82, 2.24) is 10.6 Å². The molecule has 0 saturated carbocycles. The summed E-state index contributed by atoms with van der Waals surface area (Å²) in [4.78, 5) is 0. The van der Waals surface area contributed by atoms with Gasteiger partial charge in [0.1, 0.15) is 5.82 Å². The van der Waals surface area contributed by atoms with Crippen molar-refractivity contribution in [2.24, 2.45) is 0 Å². The highest BCUT2D eigenvalue weighted by molar-refractivity contribution is 5.25. The van der Waals surface area contributed by atoms with Crippen LogP contribution in [-0.2, 0) is 0 Å². The molecule has 1 fully saturated rings. The molecule has 3 unspecified atom stereocenters. The Morgan fingerprint density at radius 1 is 1.29 bits per heavy atom. The molecule has 3 heteroatoms. The van der Waals surface area contributed by atoms with Gasteiger partial charge in [0.05, 0.1) is 0 Å². The number of hydrogen-bond donors (Lipinski definition) is 2. The van der Waals surface area contributed by atoms with E-state index in [9.17, 15) is 4.39 Å². The Balaban J connectivity index is 1.85. The lowest BCUT2D eigenvalue weighted by molar-refractivity contribution is 0.380. The minimum atomic E-state index is -0.112. The normalized spacial score (nSPS) is 22.6. The molecule has 1 aliphatic rings. The summed E-state index contributed by atoms with van der Waals surface area (Å²) in [6, 6.07) is 6.77. The van der Waals surface area contributed by atoms with E-state index in [1.165, 1.54) is 25.7 Å². The molecule has 1 heterocycles. The molecule has 1 saturated heterocycles. The molecule has 2 N–H and O–H groups in total. The van der Waals surface area contributed by atoms with Crippen LogP contribution in [0.5, 0.6) is 0 Å². The second kappa shape index (κ2) is 7.90. The average Bonchev–Trinajstić information content (AvgIpc) is 2.70. The van der Waals surface area contributed by atoms with Crippen LogP contribution in [0.15, 0.2) is 18.2 Å². The van der Waals surface area contributed by atoms with Crippen molar-refractivity contribution in [3.63, 3.8) is 0 Å². The number of halogens is 1. The Bertz CT molecular complexity index is 439. The second-order valence-corrected chi connectivity index (χ2v) is 6.53. The molecule has 118 valence electrons. The van der Waals surface area contributed by atoms with E-state index < -0.39 is 0 Å². The summed E-state index contributed by atoms with van der Waals surface area (Å²) in [5.41, 5.74) is 1.74. The van der Waals surface area contributed by atoms with Gasteiger partial charge in [0.15, 0.2) is 0 Å². The lowest BCUT2D eigenvalue weighted by Gasteiger charge is -2.25. The smallest absolute Gasteiger partial charge is 0.126 e. The van der Waals surface area contributed by atoms with Crippen LogP contribution in [-0.4, -0.2) is 18.6 Å². The fourth-order valence-electron chi connectivity index (χ4n) is 3.20. The number of hydrogen-bond acceptors (Lipinski definition) is 2. The van der Waals surface area contributed by atoms with Crippen LogP contribution in [0.25, 0.3) is 0 Å². The maximum atomic E-state index is 13.7. The van der Waals surface area contributed by atoms with Crippen molar-refractivity contribution < 1.29 is 4.39 Å². The van der Waals surface area contributed by atoms with Gasteiger partial charge in [-0.3, -0.25) is 0 Å².